The van der Waals surface area contributed by atoms with Gasteiger partial charge in [0, 0.05) is 6.92 Å². The molecule has 0 atom stereocenters. The molecule has 1 aromatic carbocycles. The average molecular weight is 244 g/mol. The van der Waals surface area contributed by atoms with Crippen LogP contribution in [0.15, 0.2) is 36.0 Å². The van der Waals surface area contributed by atoms with Gasteiger partial charge in [-0.1, -0.05) is 30.3 Å². The molecule has 0 fully saturated rings. The van der Waals surface area contributed by atoms with E-state index in [2.05, 4.69) is 10.1 Å². The highest BCUT2D eigenvalue weighted by molar-refractivity contribution is 5.97. The van der Waals surface area contributed by atoms with E-state index in [0.717, 1.165) is 5.56 Å². The number of nitriles is 1. The lowest BCUT2D eigenvalue weighted by Crippen LogP contribution is -2.26. The van der Waals surface area contributed by atoms with E-state index >= 15 is 0 Å². The molecule has 0 aromatic heterocycles. The third-order valence-electron chi connectivity index (χ3n) is 1.91. The van der Waals surface area contributed by atoms with Crippen molar-refractivity contribution in [2.24, 2.45) is 0 Å². The van der Waals surface area contributed by atoms with Crippen LogP contribution in [0.4, 0.5) is 0 Å². The molecule has 1 amide bonds. The van der Waals surface area contributed by atoms with Gasteiger partial charge in [-0.25, -0.2) is 4.79 Å². The van der Waals surface area contributed by atoms with Crippen LogP contribution in [0, 0.1) is 11.3 Å². The van der Waals surface area contributed by atoms with Gasteiger partial charge in [0.05, 0.1) is 0 Å². The van der Waals surface area contributed by atoms with Crippen molar-refractivity contribution >= 4 is 18.0 Å². The Kier molecular flexibility index (Phi) is 5.13. The van der Waals surface area contributed by atoms with Gasteiger partial charge < -0.3 is 10.1 Å². The lowest BCUT2D eigenvalue weighted by atomic mass is 10.2. The van der Waals surface area contributed by atoms with Crippen LogP contribution in [0.3, 0.4) is 0 Å². The number of benzene rings is 1. The molecule has 0 spiro atoms. The second-order valence-electron chi connectivity index (χ2n) is 3.38. The van der Waals surface area contributed by atoms with E-state index in [9.17, 15) is 9.59 Å². The first kappa shape index (κ1) is 13.5. The van der Waals surface area contributed by atoms with Gasteiger partial charge in [0.1, 0.15) is 11.8 Å². The van der Waals surface area contributed by atoms with Crippen molar-refractivity contribution in [3.8, 4) is 6.07 Å². The fourth-order valence-electron chi connectivity index (χ4n) is 1.23. The molecule has 5 nitrogen and oxygen atoms in total. The number of rotatable bonds is 4. The summed E-state index contributed by atoms with van der Waals surface area (Å²) >= 11 is 0. The van der Waals surface area contributed by atoms with E-state index < -0.39 is 5.97 Å². The molecule has 0 unspecified atom stereocenters. The Hall–Kier alpha value is -2.61. The quantitative estimate of drug-likeness (QED) is 0.638. The number of ether oxygens (including phenoxy) is 1. The molecule has 0 heterocycles. The zero-order chi connectivity index (χ0) is 13.4. The molecule has 18 heavy (non-hydrogen) atoms. The Morgan fingerprint density at radius 1 is 1.39 bits per heavy atom. The predicted octanol–water partition coefficient (Wildman–Crippen LogP) is 1.23. The fraction of sp³-hybridized carbons (Fsp3) is 0.154. The summed E-state index contributed by atoms with van der Waals surface area (Å²) in [5, 5.41) is 10.7. The molecular formula is C13H12N2O3. The SMILES string of the molecule is CC(=O)N/C(=C/c1ccccc1)C(=O)OCC#N. The average Bonchev–Trinajstić information content (AvgIpc) is 2.36. The van der Waals surface area contributed by atoms with Crippen molar-refractivity contribution in [1.29, 1.82) is 5.26 Å². The Balaban J connectivity index is 2.91. The van der Waals surface area contributed by atoms with Crippen LogP contribution in [-0.2, 0) is 14.3 Å². The number of nitrogens with zero attached hydrogens (tertiary/aromatic N) is 1. The van der Waals surface area contributed by atoms with Gasteiger partial charge >= 0.3 is 5.97 Å². The second-order valence-corrected chi connectivity index (χ2v) is 3.38. The van der Waals surface area contributed by atoms with Gasteiger partial charge in [-0.05, 0) is 11.6 Å². The van der Waals surface area contributed by atoms with Crippen LogP contribution in [0.25, 0.3) is 6.08 Å². The highest BCUT2D eigenvalue weighted by Crippen LogP contribution is 2.06. The smallest absolute Gasteiger partial charge is 0.355 e. The molecule has 5 heteroatoms. The van der Waals surface area contributed by atoms with Gasteiger partial charge in [0.2, 0.25) is 5.91 Å². The van der Waals surface area contributed by atoms with Gasteiger partial charge in [0.15, 0.2) is 6.61 Å². The Labute approximate surface area is 105 Å². The first-order valence-electron chi connectivity index (χ1n) is 5.22. The minimum absolute atomic E-state index is 0.00366. The number of hydrogen-bond acceptors (Lipinski definition) is 4. The molecular weight excluding hydrogens is 232 g/mol. The monoisotopic (exact) mass is 244 g/mol. The van der Waals surface area contributed by atoms with Crippen LogP contribution in [0.5, 0.6) is 0 Å². The molecule has 0 aliphatic rings. The van der Waals surface area contributed by atoms with E-state index in [1.54, 1.807) is 30.3 Å². The lowest BCUT2D eigenvalue weighted by Gasteiger charge is -2.06. The topological polar surface area (TPSA) is 79.2 Å². The summed E-state index contributed by atoms with van der Waals surface area (Å²) in [4.78, 5) is 22.6. The first-order chi connectivity index (χ1) is 8.63. The van der Waals surface area contributed by atoms with Crippen molar-refractivity contribution in [1.82, 2.24) is 5.32 Å². The Morgan fingerprint density at radius 2 is 2.06 bits per heavy atom. The fourth-order valence-corrected chi connectivity index (χ4v) is 1.23. The van der Waals surface area contributed by atoms with Crippen LogP contribution in [-0.4, -0.2) is 18.5 Å². The zero-order valence-corrected chi connectivity index (χ0v) is 9.84. The van der Waals surface area contributed by atoms with Crippen LogP contribution in [0.1, 0.15) is 12.5 Å². The molecule has 1 aromatic rings. The normalized spacial score (nSPS) is 10.3. The van der Waals surface area contributed by atoms with E-state index in [1.807, 2.05) is 6.07 Å². The van der Waals surface area contributed by atoms with Gasteiger partial charge in [-0.15, -0.1) is 0 Å². The molecule has 1 N–H and O–H groups in total. The van der Waals surface area contributed by atoms with Crippen molar-refractivity contribution in [2.45, 2.75) is 6.92 Å². The highest BCUT2D eigenvalue weighted by Gasteiger charge is 2.12. The molecule has 0 aliphatic heterocycles. The summed E-state index contributed by atoms with van der Waals surface area (Å²) in [6, 6.07) is 10.7. The largest absolute Gasteiger partial charge is 0.446 e. The van der Waals surface area contributed by atoms with E-state index in [0.29, 0.717) is 0 Å². The number of amides is 1. The molecule has 1 rings (SSSR count). The van der Waals surface area contributed by atoms with Gasteiger partial charge in [0.25, 0.3) is 0 Å². The summed E-state index contributed by atoms with van der Waals surface area (Å²) in [5.74, 6) is -1.12. The maximum absolute atomic E-state index is 11.6. The van der Waals surface area contributed by atoms with Crippen molar-refractivity contribution in [3.63, 3.8) is 0 Å². The Bertz CT molecular complexity index is 501. The molecule has 0 saturated carbocycles. The molecule has 92 valence electrons. The summed E-state index contributed by atoms with van der Waals surface area (Å²) in [7, 11) is 0. The van der Waals surface area contributed by atoms with Crippen molar-refractivity contribution < 1.29 is 14.3 Å². The number of esters is 1. The summed E-state index contributed by atoms with van der Waals surface area (Å²) in [5.41, 5.74) is 0.749. The standard InChI is InChI=1S/C13H12N2O3/c1-10(16)15-12(13(17)18-8-7-14)9-11-5-3-2-4-6-11/h2-6,9H,8H2,1H3,(H,15,16)/b12-9+. The van der Waals surface area contributed by atoms with Gasteiger partial charge in [-0.3, -0.25) is 4.79 Å². The molecule has 0 saturated heterocycles. The van der Waals surface area contributed by atoms with Crippen molar-refractivity contribution in [3.05, 3.63) is 41.6 Å². The molecule has 0 bridgehead atoms. The lowest BCUT2D eigenvalue weighted by molar-refractivity contribution is -0.139. The number of carbonyl (C=O) groups is 2. The molecule has 0 radical (unpaired) electrons. The van der Waals surface area contributed by atoms with Crippen LogP contribution < -0.4 is 5.32 Å². The number of carbonyl (C=O) groups excluding carboxylic acids is 2. The van der Waals surface area contributed by atoms with E-state index in [-0.39, 0.29) is 18.2 Å². The van der Waals surface area contributed by atoms with E-state index in [4.69, 9.17) is 5.26 Å². The van der Waals surface area contributed by atoms with Crippen molar-refractivity contribution in [2.75, 3.05) is 6.61 Å². The predicted molar refractivity (Wildman–Crippen MR) is 64.8 cm³/mol. The second kappa shape index (κ2) is 6.86. The third kappa shape index (κ3) is 4.49. The molecule has 0 aliphatic carbocycles. The highest BCUT2D eigenvalue weighted by atomic mass is 16.5. The number of nitrogens with one attached hydrogen (secondary N) is 1. The van der Waals surface area contributed by atoms with Crippen LogP contribution >= 0.6 is 0 Å². The van der Waals surface area contributed by atoms with E-state index in [1.165, 1.54) is 13.0 Å². The maximum atomic E-state index is 11.6. The first-order valence-corrected chi connectivity index (χ1v) is 5.22. The Morgan fingerprint density at radius 3 is 2.61 bits per heavy atom. The third-order valence-corrected chi connectivity index (χ3v) is 1.91. The minimum atomic E-state index is -0.740. The van der Waals surface area contributed by atoms with Crippen LogP contribution in [0.2, 0.25) is 0 Å². The maximum Gasteiger partial charge on any atom is 0.355 e. The zero-order valence-electron chi connectivity index (χ0n) is 9.84. The number of hydrogen-bond donors (Lipinski definition) is 1. The summed E-state index contributed by atoms with van der Waals surface area (Å²) < 4.78 is 4.64. The summed E-state index contributed by atoms with van der Waals surface area (Å²) in [6.45, 7) is 0.932. The van der Waals surface area contributed by atoms with Gasteiger partial charge in [-0.2, -0.15) is 5.26 Å². The minimum Gasteiger partial charge on any atom is -0.446 e. The summed E-state index contributed by atoms with van der Waals surface area (Å²) in [6.07, 6.45) is 1.49.